The standard InChI is InChI=1S/C5H3Cl2N3O.C5H4ClN5.H4N2/c6-3-2(1-11)4(7)10-5(8)9-3;6-3-2-1-8-11-4(2)10-5(7)9-3;1-2/h1H,(H2,8,9,10);1H,(H3,7,8,9,10,11);1-2H2. The average molecular weight is 394 g/mol. The van der Waals surface area contributed by atoms with Gasteiger partial charge in [-0.15, -0.1) is 0 Å². The number of nitrogens with zero attached hydrogens (tertiary/aromatic N) is 5. The van der Waals surface area contributed by atoms with Crippen LogP contribution < -0.4 is 23.2 Å². The second kappa shape index (κ2) is 9.10. The highest BCUT2D eigenvalue weighted by Crippen LogP contribution is 2.19. The van der Waals surface area contributed by atoms with Gasteiger partial charge in [-0.2, -0.15) is 10.1 Å². The molecular weight excluding hydrogens is 383 g/mol. The van der Waals surface area contributed by atoms with E-state index in [1.807, 2.05) is 0 Å². The molecule has 3 heterocycles. The summed E-state index contributed by atoms with van der Waals surface area (Å²) in [5, 5.41) is 7.31. The van der Waals surface area contributed by atoms with E-state index in [1.165, 1.54) is 0 Å². The maximum atomic E-state index is 10.3. The first-order valence-electron chi connectivity index (χ1n) is 5.81. The molecule has 24 heavy (non-hydrogen) atoms. The maximum absolute atomic E-state index is 10.3. The van der Waals surface area contributed by atoms with Crippen molar-refractivity contribution >= 4 is 64.0 Å². The summed E-state index contributed by atoms with van der Waals surface area (Å²) in [7, 11) is 0. The Morgan fingerprint density at radius 1 is 0.917 bits per heavy atom. The van der Waals surface area contributed by atoms with Gasteiger partial charge in [0, 0.05) is 0 Å². The molecule has 0 fully saturated rings. The van der Waals surface area contributed by atoms with Crippen LogP contribution in [0.25, 0.3) is 11.0 Å². The van der Waals surface area contributed by atoms with Crippen LogP contribution in [0.15, 0.2) is 6.20 Å². The SMILES string of the molecule is NN.Nc1nc(Cl)c(C=O)c(Cl)n1.Nc1nc(Cl)c2cn[nH]c2n1. The van der Waals surface area contributed by atoms with Crippen molar-refractivity contribution in [1.82, 2.24) is 30.1 Å². The molecule has 0 spiro atoms. The summed E-state index contributed by atoms with van der Waals surface area (Å²) >= 11 is 16.7. The van der Waals surface area contributed by atoms with Gasteiger partial charge in [-0.1, -0.05) is 34.8 Å². The minimum Gasteiger partial charge on any atom is -0.368 e. The predicted octanol–water partition coefficient (Wildman–Crippen LogP) is 0.585. The lowest BCUT2D eigenvalue weighted by Crippen LogP contribution is -2.02. The molecule has 128 valence electrons. The van der Waals surface area contributed by atoms with E-state index in [4.69, 9.17) is 46.3 Å². The van der Waals surface area contributed by atoms with Gasteiger partial charge < -0.3 is 11.5 Å². The number of H-pyrrole nitrogens is 1. The Kier molecular flexibility index (Phi) is 7.48. The number of carbonyl (C=O) groups is 1. The fraction of sp³-hybridized carbons (Fsp3) is 0. The third kappa shape index (κ3) is 4.84. The van der Waals surface area contributed by atoms with Gasteiger partial charge in [0.1, 0.15) is 15.5 Å². The molecule has 0 aliphatic rings. The first kappa shape index (κ1) is 19.7. The Bertz CT molecular complexity index is 816. The molecule has 0 saturated heterocycles. The number of aromatic amines is 1. The third-order valence-corrected chi connectivity index (χ3v) is 3.13. The molecule has 0 radical (unpaired) electrons. The zero-order chi connectivity index (χ0) is 18.3. The molecule has 0 amide bonds. The van der Waals surface area contributed by atoms with Crippen LogP contribution in [-0.2, 0) is 0 Å². The van der Waals surface area contributed by atoms with Gasteiger partial charge in [0.25, 0.3) is 0 Å². The highest BCUT2D eigenvalue weighted by molar-refractivity contribution is 6.37. The molecule has 9 N–H and O–H groups in total. The summed E-state index contributed by atoms with van der Waals surface area (Å²) in [6.45, 7) is 0. The topological polar surface area (TPSA) is 201 Å². The number of fused-ring (bicyclic) bond motifs is 1. The van der Waals surface area contributed by atoms with Crippen LogP contribution in [0.4, 0.5) is 11.9 Å². The van der Waals surface area contributed by atoms with Crippen molar-refractivity contribution in [2.24, 2.45) is 11.7 Å². The molecule has 0 aromatic carbocycles. The summed E-state index contributed by atoms with van der Waals surface area (Å²) in [5.41, 5.74) is 11.1. The number of anilines is 2. The summed E-state index contributed by atoms with van der Waals surface area (Å²) in [4.78, 5) is 24.9. The zero-order valence-corrected chi connectivity index (χ0v) is 14.0. The molecule has 0 unspecified atom stereocenters. The number of hydrogen-bond acceptors (Lipinski definition) is 10. The maximum Gasteiger partial charge on any atom is 0.223 e. The van der Waals surface area contributed by atoms with Crippen LogP contribution in [-0.4, -0.2) is 36.4 Å². The van der Waals surface area contributed by atoms with Gasteiger partial charge in [-0.25, -0.2) is 15.0 Å². The number of rotatable bonds is 1. The van der Waals surface area contributed by atoms with Crippen LogP contribution >= 0.6 is 34.8 Å². The lowest BCUT2D eigenvalue weighted by molar-refractivity contribution is 0.112. The van der Waals surface area contributed by atoms with Crippen molar-refractivity contribution in [3.63, 3.8) is 0 Å². The van der Waals surface area contributed by atoms with Crippen LogP contribution in [0, 0.1) is 0 Å². The molecule has 11 nitrogen and oxygen atoms in total. The summed E-state index contributed by atoms with van der Waals surface area (Å²) in [5.74, 6) is 8.09. The number of carbonyl (C=O) groups excluding carboxylic acids is 1. The van der Waals surface area contributed by atoms with E-state index >= 15 is 0 Å². The third-order valence-electron chi connectivity index (χ3n) is 2.27. The van der Waals surface area contributed by atoms with E-state index in [0.717, 1.165) is 0 Å². The number of nitrogens with two attached hydrogens (primary N) is 4. The quantitative estimate of drug-likeness (QED) is 0.168. The molecule has 3 rings (SSSR count). The Morgan fingerprint density at radius 2 is 1.42 bits per heavy atom. The number of nitrogens with one attached hydrogen (secondary N) is 1. The van der Waals surface area contributed by atoms with Crippen molar-refractivity contribution in [2.45, 2.75) is 0 Å². The van der Waals surface area contributed by atoms with Crippen molar-refractivity contribution in [3.05, 3.63) is 27.2 Å². The molecule has 3 aromatic rings. The van der Waals surface area contributed by atoms with Crippen LogP contribution in [0.1, 0.15) is 10.4 Å². The molecule has 0 aliphatic carbocycles. The minimum atomic E-state index is -0.0504. The fourth-order valence-corrected chi connectivity index (χ4v) is 2.06. The molecule has 0 bridgehead atoms. The Balaban J connectivity index is 0.000000218. The average Bonchev–Trinajstić information content (AvgIpc) is 2.98. The predicted molar refractivity (Wildman–Crippen MR) is 91.3 cm³/mol. The molecule has 0 atom stereocenters. The Morgan fingerprint density at radius 3 is 1.96 bits per heavy atom. The van der Waals surface area contributed by atoms with Crippen LogP contribution in [0.2, 0.25) is 15.5 Å². The summed E-state index contributed by atoms with van der Waals surface area (Å²) in [6.07, 6.45) is 2.03. The summed E-state index contributed by atoms with van der Waals surface area (Å²) < 4.78 is 0. The van der Waals surface area contributed by atoms with Crippen molar-refractivity contribution in [3.8, 4) is 0 Å². The van der Waals surface area contributed by atoms with Gasteiger partial charge in [0.05, 0.1) is 17.1 Å². The normalized spacial score (nSPS) is 9.54. The first-order chi connectivity index (χ1) is 11.4. The first-order valence-corrected chi connectivity index (χ1v) is 6.95. The van der Waals surface area contributed by atoms with Gasteiger partial charge >= 0.3 is 0 Å². The smallest absolute Gasteiger partial charge is 0.223 e. The van der Waals surface area contributed by atoms with E-state index in [2.05, 4.69) is 41.8 Å². The molecular formula is C10H11Cl3N10O. The van der Waals surface area contributed by atoms with E-state index in [9.17, 15) is 4.79 Å². The van der Waals surface area contributed by atoms with E-state index < -0.39 is 0 Å². The number of nitrogen functional groups attached to an aromatic ring is 2. The lowest BCUT2D eigenvalue weighted by Gasteiger charge is -1.97. The number of hydrogen-bond donors (Lipinski definition) is 5. The van der Waals surface area contributed by atoms with Crippen molar-refractivity contribution < 1.29 is 4.79 Å². The van der Waals surface area contributed by atoms with Crippen molar-refractivity contribution in [1.29, 1.82) is 0 Å². The van der Waals surface area contributed by atoms with Crippen molar-refractivity contribution in [2.75, 3.05) is 11.5 Å². The van der Waals surface area contributed by atoms with Crippen LogP contribution in [0.5, 0.6) is 0 Å². The van der Waals surface area contributed by atoms with Gasteiger partial charge in [0.2, 0.25) is 11.9 Å². The molecule has 3 aromatic heterocycles. The van der Waals surface area contributed by atoms with Gasteiger partial charge in [-0.05, 0) is 0 Å². The highest BCUT2D eigenvalue weighted by atomic mass is 35.5. The zero-order valence-electron chi connectivity index (χ0n) is 11.7. The van der Waals surface area contributed by atoms with Crippen LogP contribution in [0.3, 0.4) is 0 Å². The monoisotopic (exact) mass is 392 g/mol. The minimum absolute atomic E-state index is 0.0301. The number of hydrazine groups is 1. The lowest BCUT2D eigenvalue weighted by atomic mass is 10.4. The second-order valence-corrected chi connectivity index (χ2v) is 4.77. The van der Waals surface area contributed by atoms with Gasteiger partial charge in [0.15, 0.2) is 11.9 Å². The largest absolute Gasteiger partial charge is 0.368 e. The Hall–Kier alpha value is -2.31. The van der Waals surface area contributed by atoms with E-state index in [0.29, 0.717) is 22.5 Å². The number of aldehydes is 1. The van der Waals surface area contributed by atoms with E-state index in [1.54, 1.807) is 6.20 Å². The van der Waals surface area contributed by atoms with E-state index in [-0.39, 0.29) is 27.8 Å². The molecule has 0 aliphatic heterocycles. The second-order valence-electron chi connectivity index (χ2n) is 3.70. The number of halogens is 3. The fourth-order valence-electron chi connectivity index (χ4n) is 1.34. The highest BCUT2D eigenvalue weighted by Gasteiger charge is 2.08. The number of aromatic nitrogens is 6. The Labute approximate surface area is 149 Å². The molecule has 14 heteroatoms. The van der Waals surface area contributed by atoms with Gasteiger partial charge in [-0.3, -0.25) is 21.6 Å². The summed E-state index contributed by atoms with van der Waals surface area (Å²) in [6, 6.07) is 0. The molecule has 0 saturated carbocycles.